The van der Waals surface area contributed by atoms with Gasteiger partial charge in [-0.05, 0) is 11.5 Å². The maximum absolute atomic E-state index is 13.1. The van der Waals surface area contributed by atoms with Crippen LogP contribution in [0, 0.1) is 11.8 Å². The van der Waals surface area contributed by atoms with E-state index in [4.69, 9.17) is 0 Å². The third-order valence-corrected chi connectivity index (χ3v) is 4.11. The van der Waals surface area contributed by atoms with Crippen molar-refractivity contribution in [2.75, 3.05) is 6.54 Å². The molecule has 1 heterocycles. The summed E-state index contributed by atoms with van der Waals surface area (Å²) in [5.74, 6) is -2.03. The van der Waals surface area contributed by atoms with Crippen LogP contribution in [-0.4, -0.2) is 45.3 Å². The topological polar surface area (TPSA) is 77.9 Å². The summed E-state index contributed by atoms with van der Waals surface area (Å²) < 4.78 is 0. The first kappa shape index (κ1) is 18.7. The molecule has 1 atom stereocenters. The largest absolute Gasteiger partial charge is 0.480 e. The van der Waals surface area contributed by atoms with Gasteiger partial charge < -0.3 is 10.0 Å². The van der Waals surface area contributed by atoms with Crippen LogP contribution in [0.3, 0.4) is 0 Å². The molecule has 0 saturated carbocycles. The van der Waals surface area contributed by atoms with Gasteiger partial charge in [0, 0.05) is 12.1 Å². The lowest BCUT2D eigenvalue weighted by molar-refractivity contribution is -0.149. The van der Waals surface area contributed by atoms with Crippen LogP contribution in [0.5, 0.6) is 0 Å². The summed E-state index contributed by atoms with van der Waals surface area (Å²) in [5.41, 5.74) is 1.12. The molecular weight excluding hydrogens is 320 g/mol. The SMILES string of the molecule is CC(C)C(=O)N1C=C(c2ccccc2)N(CC(=O)O)C(=O)[C@H]1C(C)C. The van der Waals surface area contributed by atoms with Gasteiger partial charge in [0.05, 0.1) is 5.70 Å². The van der Waals surface area contributed by atoms with Crippen molar-refractivity contribution in [3.63, 3.8) is 0 Å². The van der Waals surface area contributed by atoms with Gasteiger partial charge >= 0.3 is 5.97 Å². The van der Waals surface area contributed by atoms with E-state index in [2.05, 4.69) is 0 Å². The molecule has 0 spiro atoms. The molecule has 0 fully saturated rings. The van der Waals surface area contributed by atoms with Crippen molar-refractivity contribution >= 4 is 23.5 Å². The van der Waals surface area contributed by atoms with Gasteiger partial charge in [0.2, 0.25) is 5.91 Å². The second kappa shape index (κ2) is 7.51. The summed E-state index contributed by atoms with van der Waals surface area (Å²) in [6.07, 6.45) is 1.62. The Morgan fingerprint density at radius 3 is 2.20 bits per heavy atom. The molecule has 1 N–H and O–H groups in total. The summed E-state index contributed by atoms with van der Waals surface area (Å²) >= 11 is 0. The number of hydrogen-bond donors (Lipinski definition) is 1. The van der Waals surface area contributed by atoms with Crippen molar-refractivity contribution in [2.45, 2.75) is 33.7 Å². The molecule has 1 aromatic rings. The van der Waals surface area contributed by atoms with Crippen LogP contribution in [0.15, 0.2) is 36.5 Å². The summed E-state index contributed by atoms with van der Waals surface area (Å²) in [7, 11) is 0. The number of rotatable bonds is 5. The van der Waals surface area contributed by atoms with Crippen molar-refractivity contribution in [3.05, 3.63) is 42.1 Å². The van der Waals surface area contributed by atoms with Crippen LogP contribution in [0.2, 0.25) is 0 Å². The normalized spacial score (nSPS) is 17.9. The summed E-state index contributed by atoms with van der Waals surface area (Å²) in [4.78, 5) is 39.7. The molecule has 0 aliphatic carbocycles. The third-order valence-electron chi connectivity index (χ3n) is 4.11. The summed E-state index contributed by atoms with van der Waals surface area (Å²) in [6, 6.07) is 8.33. The minimum absolute atomic E-state index is 0.139. The van der Waals surface area contributed by atoms with Crippen LogP contribution in [0.25, 0.3) is 5.70 Å². The highest BCUT2D eigenvalue weighted by atomic mass is 16.4. The van der Waals surface area contributed by atoms with Crippen LogP contribution in [0.1, 0.15) is 33.3 Å². The minimum atomic E-state index is -1.10. The van der Waals surface area contributed by atoms with Crippen LogP contribution >= 0.6 is 0 Å². The Hall–Kier alpha value is -2.63. The molecule has 134 valence electrons. The highest BCUT2D eigenvalue weighted by molar-refractivity contribution is 5.99. The molecule has 25 heavy (non-hydrogen) atoms. The Kier molecular flexibility index (Phi) is 5.62. The van der Waals surface area contributed by atoms with Crippen molar-refractivity contribution in [1.82, 2.24) is 9.80 Å². The van der Waals surface area contributed by atoms with Crippen molar-refractivity contribution in [2.24, 2.45) is 11.8 Å². The highest BCUT2D eigenvalue weighted by Crippen LogP contribution is 2.30. The standard InChI is InChI=1S/C19H24N2O4/c1-12(2)17-19(25)20(11-16(22)23)15(14-8-6-5-7-9-14)10-21(17)18(24)13(3)4/h5-10,12-13,17H,11H2,1-4H3,(H,22,23)/t17-/m1/s1. The number of carboxylic acids is 1. The van der Waals surface area contributed by atoms with Crippen molar-refractivity contribution < 1.29 is 19.5 Å². The fourth-order valence-electron chi connectivity index (χ4n) is 2.92. The lowest BCUT2D eigenvalue weighted by Crippen LogP contribution is -2.56. The number of hydrogen-bond acceptors (Lipinski definition) is 3. The molecule has 1 aliphatic rings. The molecule has 0 aromatic heterocycles. The van der Waals surface area contributed by atoms with Crippen molar-refractivity contribution in [3.8, 4) is 0 Å². The van der Waals surface area contributed by atoms with E-state index in [1.807, 2.05) is 32.0 Å². The molecule has 6 nitrogen and oxygen atoms in total. The first-order valence-electron chi connectivity index (χ1n) is 8.36. The number of carbonyl (C=O) groups is 3. The molecule has 1 aliphatic heterocycles. The third kappa shape index (κ3) is 3.90. The number of carbonyl (C=O) groups excluding carboxylic acids is 2. The first-order valence-corrected chi connectivity index (χ1v) is 8.36. The zero-order valence-electron chi connectivity index (χ0n) is 15.0. The van der Waals surface area contributed by atoms with Gasteiger partial charge in [0.25, 0.3) is 5.91 Å². The van der Waals surface area contributed by atoms with E-state index in [1.165, 1.54) is 9.80 Å². The summed E-state index contributed by atoms with van der Waals surface area (Å²) in [5, 5.41) is 9.23. The zero-order chi connectivity index (χ0) is 18.7. The van der Waals surface area contributed by atoms with Gasteiger partial charge in [0.15, 0.2) is 0 Å². The molecule has 0 unspecified atom stereocenters. The fraction of sp³-hybridized carbons (Fsp3) is 0.421. The maximum atomic E-state index is 13.1. The lowest BCUT2D eigenvalue weighted by atomic mass is 9.96. The molecule has 2 amide bonds. The Labute approximate surface area is 147 Å². The second-order valence-electron chi connectivity index (χ2n) is 6.79. The molecule has 1 aromatic carbocycles. The van der Waals surface area contributed by atoms with E-state index in [-0.39, 0.29) is 23.7 Å². The zero-order valence-corrected chi connectivity index (χ0v) is 15.0. The number of carboxylic acid groups (broad SMARTS) is 1. The van der Waals surface area contributed by atoms with Gasteiger partial charge in [-0.25, -0.2) is 0 Å². The van der Waals surface area contributed by atoms with E-state index in [9.17, 15) is 19.5 Å². The molecule has 0 saturated heterocycles. The van der Waals surface area contributed by atoms with E-state index in [0.29, 0.717) is 11.3 Å². The predicted octanol–water partition coefficient (Wildman–Crippen LogP) is 2.42. The number of benzene rings is 1. The second-order valence-corrected chi connectivity index (χ2v) is 6.79. The Morgan fingerprint density at radius 1 is 1.12 bits per heavy atom. The average molecular weight is 344 g/mol. The maximum Gasteiger partial charge on any atom is 0.323 e. The van der Waals surface area contributed by atoms with Crippen LogP contribution < -0.4 is 0 Å². The van der Waals surface area contributed by atoms with Gasteiger partial charge in [-0.3, -0.25) is 19.3 Å². The molecular formula is C19H24N2O4. The average Bonchev–Trinajstić information content (AvgIpc) is 2.55. The van der Waals surface area contributed by atoms with E-state index in [1.54, 1.807) is 32.2 Å². The molecule has 6 heteroatoms. The predicted molar refractivity (Wildman–Crippen MR) is 94.1 cm³/mol. The Bertz CT molecular complexity index is 695. The quantitative estimate of drug-likeness (QED) is 0.890. The summed E-state index contributed by atoms with van der Waals surface area (Å²) in [6.45, 7) is 6.83. The number of nitrogens with zero attached hydrogens (tertiary/aromatic N) is 2. The number of amides is 2. The lowest BCUT2D eigenvalue weighted by Gasteiger charge is -2.41. The molecule has 0 radical (unpaired) electrons. The van der Waals surface area contributed by atoms with Gasteiger partial charge in [-0.15, -0.1) is 0 Å². The Balaban J connectivity index is 2.60. The van der Waals surface area contributed by atoms with Gasteiger partial charge in [-0.1, -0.05) is 58.0 Å². The van der Waals surface area contributed by atoms with Crippen molar-refractivity contribution in [1.29, 1.82) is 0 Å². The van der Waals surface area contributed by atoms with E-state index in [0.717, 1.165) is 0 Å². The minimum Gasteiger partial charge on any atom is -0.480 e. The fourth-order valence-corrected chi connectivity index (χ4v) is 2.92. The van der Waals surface area contributed by atoms with E-state index >= 15 is 0 Å². The highest BCUT2D eigenvalue weighted by Gasteiger charge is 2.41. The van der Waals surface area contributed by atoms with Gasteiger partial charge in [-0.2, -0.15) is 0 Å². The van der Waals surface area contributed by atoms with Gasteiger partial charge in [0.1, 0.15) is 12.6 Å². The van der Waals surface area contributed by atoms with E-state index < -0.39 is 18.6 Å². The van der Waals surface area contributed by atoms with Crippen LogP contribution in [0.4, 0.5) is 0 Å². The van der Waals surface area contributed by atoms with Crippen LogP contribution in [-0.2, 0) is 14.4 Å². The first-order chi connectivity index (χ1) is 11.7. The monoisotopic (exact) mass is 344 g/mol. The molecule has 0 bridgehead atoms. The molecule has 2 rings (SSSR count). The number of aliphatic carboxylic acids is 1. The smallest absolute Gasteiger partial charge is 0.323 e. The Morgan fingerprint density at radius 2 is 1.72 bits per heavy atom.